The van der Waals surface area contributed by atoms with Crippen molar-refractivity contribution in [2.45, 2.75) is 6.18 Å². The Labute approximate surface area is 192 Å². The number of sulfonamides is 1. The van der Waals surface area contributed by atoms with Crippen LogP contribution in [0.5, 0.6) is 0 Å². The lowest BCUT2D eigenvalue weighted by molar-refractivity contribution is -0.107. The summed E-state index contributed by atoms with van der Waals surface area (Å²) in [5.74, 6) is -1.61. The second kappa shape index (κ2) is 9.02. The zero-order chi connectivity index (χ0) is 24.5. The van der Waals surface area contributed by atoms with Crippen LogP contribution >= 0.6 is 0 Å². The first kappa shape index (κ1) is 23.6. The number of nitrogens with zero attached hydrogens (tertiary/aromatic N) is 8. The molecule has 1 aliphatic heterocycles. The van der Waals surface area contributed by atoms with Gasteiger partial charge in [-0.2, -0.15) is 37.4 Å². The molecule has 4 rings (SSSR count). The summed E-state index contributed by atoms with van der Waals surface area (Å²) in [6, 6.07) is 9.37. The fraction of sp³-hybridized carbons (Fsp3) is 0.389. The number of hydrogen-bond acceptors (Lipinski definition) is 11. The predicted molar refractivity (Wildman–Crippen MR) is 116 cm³/mol. The van der Waals surface area contributed by atoms with Gasteiger partial charge in [0.05, 0.1) is 0 Å². The van der Waals surface area contributed by atoms with E-state index < -0.39 is 22.0 Å². The highest BCUT2D eigenvalue weighted by molar-refractivity contribution is 7.89. The summed E-state index contributed by atoms with van der Waals surface area (Å²) < 4.78 is 67.6. The van der Waals surface area contributed by atoms with Crippen molar-refractivity contribution in [2.24, 2.45) is 0 Å². The van der Waals surface area contributed by atoms with Crippen LogP contribution in [0.3, 0.4) is 0 Å². The summed E-state index contributed by atoms with van der Waals surface area (Å²) in [4.78, 5) is 20.0. The number of halogens is 3. The Hall–Kier alpha value is -3.53. The molecular weight excluding hydrogens is 479 g/mol. The molecule has 2 N–H and O–H groups in total. The summed E-state index contributed by atoms with van der Waals surface area (Å²) in [6.45, 7) is -0.165. The van der Waals surface area contributed by atoms with Gasteiger partial charge in [-0.05, 0) is 12.1 Å². The van der Waals surface area contributed by atoms with Crippen molar-refractivity contribution in [2.75, 3.05) is 54.5 Å². The van der Waals surface area contributed by atoms with E-state index >= 15 is 0 Å². The number of anilines is 4. The maximum atomic E-state index is 12.5. The molecule has 1 aromatic carbocycles. The maximum Gasteiger partial charge on any atom is 0.404 e. The largest absolute Gasteiger partial charge is 0.404 e. The van der Waals surface area contributed by atoms with Gasteiger partial charge in [-0.25, -0.2) is 8.42 Å². The number of nitrogen functional groups attached to an aromatic ring is 1. The minimum Gasteiger partial charge on any atom is -0.368 e. The highest BCUT2D eigenvalue weighted by Gasteiger charge is 2.39. The second-order valence-electron chi connectivity index (χ2n) is 7.37. The lowest BCUT2D eigenvalue weighted by Crippen LogP contribution is -2.50. The van der Waals surface area contributed by atoms with E-state index in [1.807, 2.05) is 30.3 Å². The Morgan fingerprint density at radius 3 is 2.35 bits per heavy atom. The number of piperazine rings is 1. The van der Waals surface area contributed by atoms with E-state index in [1.165, 1.54) is 0 Å². The highest BCUT2D eigenvalue weighted by Crippen LogP contribution is 2.25. The number of benzene rings is 1. The first-order valence-corrected chi connectivity index (χ1v) is 11.6. The van der Waals surface area contributed by atoms with E-state index in [2.05, 4.69) is 25.1 Å². The smallest absolute Gasteiger partial charge is 0.368 e. The SMILES string of the molecule is CN(c1ccccc1)c1nc(N)nc(-c2noc(N3CCN(S(=O)(=O)CC(F)(F)F)CC3)n2)n1. The van der Waals surface area contributed by atoms with Crippen molar-refractivity contribution >= 4 is 33.6 Å². The van der Waals surface area contributed by atoms with Crippen LogP contribution < -0.4 is 15.5 Å². The Balaban J connectivity index is 1.48. The van der Waals surface area contributed by atoms with Crippen LogP contribution in [-0.2, 0) is 10.0 Å². The standard InChI is InChI=1S/C18H20F3N9O3S/c1-28(12-5-3-2-4-6-12)16-24-13(23-15(22)26-16)14-25-17(33-27-14)29-7-9-30(10-8-29)34(31,32)11-18(19,20)21/h2-6H,7-11H2,1H3,(H2,22,23,24,26). The van der Waals surface area contributed by atoms with Crippen LogP contribution in [0.15, 0.2) is 34.9 Å². The fourth-order valence-corrected chi connectivity index (χ4v) is 4.60. The topological polar surface area (TPSA) is 147 Å². The third kappa shape index (κ3) is 5.33. The zero-order valence-corrected chi connectivity index (χ0v) is 18.7. The molecule has 0 aliphatic carbocycles. The minimum absolute atomic E-state index is 0.0268. The van der Waals surface area contributed by atoms with Crippen molar-refractivity contribution in [3.63, 3.8) is 0 Å². The summed E-state index contributed by atoms with van der Waals surface area (Å²) >= 11 is 0. The minimum atomic E-state index is -4.81. The van der Waals surface area contributed by atoms with Gasteiger partial charge in [0, 0.05) is 38.9 Å². The summed E-state index contributed by atoms with van der Waals surface area (Å²) in [6.07, 6.45) is -4.81. The summed E-state index contributed by atoms with van der Waals surface area (Å²) in [5, 5.41) is 3.86. The van der Waals surface area contributed by atoms with Gasteiger partial charge in [0.1, 0.15) is 0 Å². The van der Waals surface area contributed by atoms with Gasteiger partial charge >= 0.3 is 12.2 Å². The molecule has 16 heteroatoms. The number of aromatic nitrogens is 5. The third-order valence-electron chi connectivity index (χ3n) is 4.95. The quantitative estimate of drug-likeness (QED) is 0.523. The molecule has 0 spiro atoms. The molecule has 2 aromatic heterocycles. The Morgan fingerprint density at radius 1 is 1.03 bits per heavy atom. The van der Waals surface area contributed by atoms with Gasteiger partial charge in [0.25, 0.3) is 0 Å². The molecule has 3 aromatic rings. The van der Waals surface area contributed by atoms with Crippen molar-refractivity contribution in [3.05, 3.63) is 30.3 Å². The van der Waals surface area contributed by atoms with Crippen LogP contribution in [-0.4, -0.2) is 83.0 Å². The average Bonchev–Trinajstić information content (AvgIpc) is 3.28. The molecule has 1 saturated heterocycles. The molecule has 0 bridgehead atoms. The van der Waals surface area contributed by atoms with E-state index in [-0.39, 0.29) is 55.7 Å². The predicted octanol–water partition coefficient (Wildman–Crippen LogP) is 1.29. The van der Waals surface area contributed by atoms with Crippen LogP contribution in [0.4, 0.5) is 36.8 Å². The fourth-order valence-electron chi connectivity index (χ4n) is 3.29. The highest BCUT2D eigenvalue weighted by atomic mass is 32.2. The van der Waals surface area contributed by atoms with E-state index in [9.17, 15) is 21.6 Å². The number of para-hydroxylation sites is 1. The number of hydrogen-bond donors (Lipinski definition) is 1. The second-order valence-corrected chi connectivity index (χ2v) is 9.34. The van der Waals surface area contributed by atoms with Crippen molar-refractivity contribution in [3.8, 4) is 11.6 Å². The molecule has 0 radical (unpaired) electrons. The van der Waals surface area contributed by atoms with Crippen molar-refractivity contribution < 1.29 is 26.1 Å². The van der Waals surface area contributed by atoms with Gasteiger partial charge < -0.3 is 20.1 Å². The van der Waals surface area contributed by atoms with Crippen molar-refractivity contribution in [1.29, 1.82) is 0 Å². The molecule has 1 fully saturated rings. The molecule has 1 aliphatic rings. The number of rotatable bonds is 6. The van der Waals surface area contributed by atoms with E-state index in [1.54, 1.807) is 16.8 Å². The molecule has 3 heterocycles. The average molecular weight is 499 g/mol. The Kier molecular flexibility index (Phi) is 6.26. The van der Waals surface area contributed by atoms with Gasteiger partial charge in [-0.3, -0.25) is 0 Å². The van der Waals surface area contributed by atoms with Gasteiger partial charge in [0.2, 0.25) is 33.6 Å². The first-order valence-electron chi connectivity index (χ1n) is 9.96. The maximum absolute atomic E-state index is 12.5. The molecule has 0 unspecified atom stereocenters. The van der Waals surface area contributed by atoms with Gasteiger partial charge in [-0.15, -0.1) is 0 Å². The van der Waals surface area contributed by atoms with Gasteiger partial charge in [-0.1, -0.05) is 23.4 Å². The summed E-state index contributed by atoms with van der Waals surface area (Å²) in [5.41, 5.74) is 6.65. The molecule has 0 saturated carbocycles. The first-order chi connectivity index (χ1) is 16.0. The molecule has 0 amide bonds. The number of nitrogens with two attached hydrogens (primary N) is 1. The van der Waals surface area contributed by atoms with E-state index in [0.717, 1.165) is 9.99 Å². The van der Waals surface area contributed by atoms with Gasteiger partial charge in [0.15, 0.2) is 5.75 Å². The van der Waals surface area contributed by atoms with Crippen LogP contribution in [0.1, 0.15) is 0 Å². The van der Waals surface area contributed by atoms with E-state index in [4.69, 9.17) is 10.3 Å². The molecule has 182 valence electrons. The molecule has 12 nitrogen and oxygen atoms in total. The summed E-state index contributed by atoms with van der Waals surface area (Å²) in [7, 11) is -2.70. The van der Waals surface area contributed by atoms with Crippen LogP contribution in [0.25, 0.3) is 11.6 Å². The van der Waals surface area contributed by atoms with E-state index in [0.29, 0.717) is 0 Å². The van der Waals surface area contributed by atoms with Crippen LogP contribution in [0, 0.1) is 0 Å². The molecule has 34 heavy (non-hydrogen) atoms. The molecule has 0 atom stereocenters. The monoisotopic (exact) mass is 499 g/mol. The lowest BCUT2D eigenvalue weighted by Gasteiger charge is -2.32. The third-order valence-corrected chi connectivity index (χ3v) is 6.79. The lowest BCUT2D eigenvalue weighted by atomic mass is 10.3. The number of alkyl halides is 3. The molecular formula is C18H20F3N9O3S. The zero-order valence-electron chi connectivity index (χ0n) is 17.8. The Morgan fingerprint density at radius 2 is 1.71 bits per heavy atom. The normalized spacial score (nSPS) is 15.5. The Bertz CT molecular complexity index is 1250. The van der Waals surface area contributed by atoms with Crippen LogP contribution in [0.2, 0.25) is 0 Å². The van der Waals surface area contributed by atoms with Crippen molar-refractivity contribution in [1.82, 2.24) is 29.4 Å².